The van der Waals surface area contributed by atoms with Crippen LogP contribution in [0.2, 0.25) is 0 Å². The van der Waals surface area contributed by atoms with Gasteiger partial charge < -0.3 is 10.1 Å². The summed E-state index contributed by atoms with van der Waals surface area (Å²) in [6, 6.07) is 5.17. The van der Waals surface area contributed by atoms with Crippen LogP contribution in [0.15, 0.2) is 36.0 Å². The number of halogens is 2. The summed E-state index contributed by atoms with van der Waals surface area (Å²) in [5.74, 6) is -1.32. The zero-order chi connectivity index (χ0) is 22.6. The third kappa shape index (κ3) is 3.29. The Morgan fingerprint density at radius 1 is 1.27 bits per heavy atom. The molecule has 33 heavy (non-hydrogen) atoms. The Bertz CT molecular complexity index is 1390. The number of thiophene rings is 1. The molecule has 170 valence electrons. The van der Waals surface area contributed by atoms with E-state index in [4.69, 9.17) is 4.74 Å². The number of hydrogen-bond acceptors (Lipinski definition) is 7. The Balaban J connectivity index is 1.40. The zero-order valence-corrected chi connectivity index (χ0v) is 19.7. The number of rotatable bonds is 5. The molecule has 5 nitrogen and oxygen atoms in total. The van der Waals surface area contributed by atoms with Gasteiger partial charge in [0.1, 0.15) is 16.0 Å². The largest absolute Gasteiger partial charge is 0.379 e. The third-order valence-corrected chi connectivity index (χ3v) is 8.45. The fraction of sp³-hybridized carbons (Fsp3) is 0.333. The molecular formula is C24H22F2N4OS2. The molecule has 1 aromatic carbocycles. The van der Waals surface area contributed by atoms with Gasteiger partial charge in [-0.15, -0.1) is 22.7 Å². The summed E-state index contributed by atoms with van der Waals surface area (Å²) >= 11 is 2.83. The maximum atomic E-state index is 15.0. The van der Waals surface area contributed by atoms with Crippen molar-refractivity contribution in [3.63, 3.8) is 0 Å². The van der Waals surface area contributed by atoms with Gasteiger partial charge in [0.2, 0.25) is 0 Å². The van der Waals surface area contributed by atoms with Gasteiger partial charge in [-0.3, -0.25) is 4.90 Å². The van der Waals surface area contributed by atoms with Crippen molar-refractivity contribution in [2.45, 2.75) is 25.3 Å². The summed E-state index contributed by atoms with van der Waals surface area (Å²) in [5.41, 5.74) is 3.31. The molecule has 4 aromatic rings. The van der Waals surface area contributed by atoms with Crippen LogP contribution in [-0.4, -0.2) is 46.7 Å². The standard InChI is InChI=1S/C24H22F2N4OS2/c1-2-7-30-8-4-15(24(30)5-9-31-12-24)18-10-14-17(3-6-27-23(14)33-18)29-21-16(25)11-19-22(20(21)26)28-13-32-19/h3-4,6,10-11,13H,2,5,7-9,12H2,1H3,(H,27,29). The average molecular weight is 485 g/mol. The summed E-state index contributed by atoms with van der Waals surface area (Å²) in [6.45, 7) is 5.57. The Kier molecular flexibility index (Phi) is 5.17. The highest BCUT2D eigenvalue weighted by atomic mass is 32.1. The number of fused-ring (bicyclic) bond motifs is 2. The quantitative estimate of drug-likeness (QED) is 0.366. The highest BCUT2D eigenvalue weighted by Gasteiger charge is 2.47. The molecule has 2 aliphatic rings. The Hall–Kier alpha value is -2.46. The van der Waals surface area contributed by atoms with Crippen molar-refractivity contribution in [1.82, 2.24) is 14.9 Å². The lowest BCUT2D eigenvalue weighted by molar-refractivity contribution is 0.125. The number of nitrogens with zero attached hydrogens (tertiary/aromatic N) is 3. The summed E-state index contributed by atoms with van der Waals surface area (Å²) in [5, 5.41) is 3.83. The van der Waals surface area contributed by atoms with Gasteiger partial charge in [-0.1, -0.05) is 13.0 Å². The van der Waals surface area contributed by atoms with Gasteiger partial charge in [0, 0.05) is 29.6 Å². The van der Waals surface area contributed by atoms with Crippen molar-refractivity contribution >= 4 is 60.1 Å². The summed E-state index contributed by atoms with van der Waals surface area (Å²) < 4.78 is 36.1. The van der Waals surface area contributed by atoms with Crippen LogP contribution in [0.25, 0.3) is 26.0 Å². The van der Waals surface area contributed by atoms with E-state index in [0.29, 0.717) is 17.0 Å². The van der Waals surface area contributed by atoms with Crippen LogP contribution in [0.3, 0.4) is 0 Å². The fourth-order valence-electron chi connectivity index (χ4n) is 5.02. The number of hydrogen-bond donors (Lipinski definition) is 1. The second-order valence-electron chi connectivity index (χ2n) is 8.46. The van der Waals surface area contributed by atoms with Gasteiger partial charge in [-0.25, -0.2) is 18.7 Å². The lowest BCUT2D eigenvalue weighted by atomic mass is 9.88. The maximum absolute atomic E-state index is 15.0. The highest BCUT2D eigenvalue weighted by Crippen LogP contribution is 2.47. The van der Waals surface area contributed by atoms with E-state index in [-0.39, 0.29) is 16.7 Å². The Morgan fingerprint density at radius 3 is 3.00 bits per heavy atom. The SMILES string of the molecule is CCCN1CC=C(c2cc3c(Nc4c(F)cc5scnc5c4F)ccnc3s2)C12CCOC2. The molecule has 1 unspecified atom stereocenters. The lowest BCUT2D eigenvalue weighted by Crippen LogP contribution is -2.46. The molecule has 1 atom stereocenters. The zero-order valence-electron chi connectivity index (χ0n) is 18.0. The first-order valence-electron chi connectivity index (χ1n) is 11.0. The molecule has 9 heteroatoms. The number of thiazole rings is 1. The predicted molar refractivity (Wildman–Crippen MR) is 130 cm³/mol. The molecule has 0 aliphatic carbocycles. The number of anilines is 2. The molecule has 1 spiro atoms. The molecule has 0 radical (unpaired) electrons. The van der Waals surface area contributed by atoms with Crippen molar-refractivity contribution in [3.05, 3.63) is 52.5 Å². The second kappa shape index (κ2) is 8.09. The maximum Gasteiger partial charge on any atom is 0.176 e. The normalized spacial score (nSPS) is 21.0. The minimum Gasteiger partial charge on any atom is -0.379 e. The van der Waals surface area contributed by atoms with E-state index in [2.05, 4.69) is 39.3 Å². The topological polar surface area (TPSA) is 50.3 Å². The molecule has 1 N–H and O–H groups in total. The van der Waals surface area contributed by atoms with Crippen LogP contribution in [0.5, 0.6) is 0 Å². The number of ether oxygens (including phenoxy) is 1. The van der Waals surface area contributed by atoms with E-state index >= 15 is 4.39 Å². The Labute approximate surface area is 197 Å². The van der Waals surface area contributed by atoms with Crippen LogP contribution in [-0.2, 0) is 4.74 Å². The first-order chi connectivity index (χ1) is 16.1. The summed E-state index contributed by atoms with van der Waals surface area (Å²) in [7, 11) is 0. The van der Waals surface area contributed by atoms with Crippen molar-refractivity contribution in [2.24, 2.45) is 0 Å². The van der Waals surface area contributed by atoms with Gasteiger partial charge in [0.05, 0.1) is 28.0 Å². The van der Waals surface area contributed by atoms with Crippen LogP contribution in [0.1, 0.15) is 24.6 Å². The van der Waals surface area contributed by atoms with Gasteiger partial charge in [-0.05, 0) is 43.2 Å². The lowest BCUT2D eigenvalue weighted by Gasteiger charge is -2.36. The number of benzene rings is 1. The first-order valence-corrected chi connectivity index (χ1v) is 12.7. The van der Waals surface area contributed by atoms with Crippen molar-refractivity contribution in [2.75, 3.05) is 31.6 Å². The van der Waals surface area contributed by atoms with Crippen LogP contribution in [0.4, 0.5) is 20.2 Å². The van der Waals surface area contributed by atoms with Gasteiger partial charge in [-0.2, -0.15) is 0 Å². The van der Waals surface area contributed by atoms with E-state index < -0.39 is 11.6 Å². The second-order valence-corrected chi connectivity index (χ2v) is 10.4. The summed E-state index contributed by atoms with van der Waals surface area (Å²) in [4.78, 5) is 13.1. The van der Waals surface area contributed by atoms with E-state index in [1.165, 1.54) is 28.5 Å². The van der Waals surface area contributed by atoms with E-state index in [1.807, 2.05) is 0 Å². The molecule has 6 rings (SSSR count). The number of nitrogens with one attached hydrogen (secondary N) is 1. The third-order valence-electron chi connectivity index (χ3n) is 6.60. The minimum atomic E-state index is -0.678. The highest BCUT2D eigenvalue weighted by molar-refractivity contribution is 7.19. The average Bonchev–Trinajstić information content (AvgIpc) is 3.59. The molecule has 1 fully saturated rings. The van der Waals surface area contributed by atoms with E-state index in [9.17, 15) is 4.39 Å². The molecule has 5 heterocycles. The van der Waals surface area contributed by atoms with Gasteiger partial charge in [0.15, 0.2) is 11.6 Å². The molecule has 1 saturated heterocycles. The molecular weight excluding hydrogens is 462 g/mol. The molecule has 0 bridgehead atoms. The van der Waals surface area contributed by atoms with Crippen LogP contribution < -0.4 is 5.32 Å². The van der Waals surface area contributed by atoms with Crippen molar-refractivity contribution in [1.29, 1.82) is 0 Å². The van der Waals surface area contributed by atoms with Gasteiger partial charge in [0.25, 0.3) is 0 Å². The number of aromatic nitrogens is 2. The summed E-state index contributed by atoms with van der Waals surface area (Å²) in [6.07, 6.45) is 6.03. The molecule has 3 aromatic heterocycles. The minimum absolute atomic E-state index is 0.0989. The van der Waals surface area contributed by atoms with Crippen LogP contribution >= 0.6 is 22.7 Å². The monoisotopic (exact) mass is 484 g/mol. The molecule has 0 saturated carbocycles. The fourth-order valence-corrected chi connectivity index (χ4v) is 6.88. The first kappa shape index (κ1) is 21.1. The van der Waals surface area contributed by atoms with Gasteiger partial charge >= 0.3 is 0 Å². The van der Waals surface area contributed by atoms with Crippen LogP contribution in [0, 0.1) is 11.6 Å². The molecule has 0 amide bonds. The Morgan fingerprint density at radius 2 is 2.18 bits per heavy atom. The van der Waals surface area contributed by atoms with E-state index in [0.717, 1.165) is 47.6 Å². The van der Waals surface area contributed by atoms with Crippen molar-refractivity contribution in [3.8, 4) is 0 Å². The van der Waals surface area contributed by atoms with Crippen molar-refractivity contribution < 1.29 is 13.5 Å². The molecule has 2 aliphatic heterocycles. The predicted octanol–water partition coefficient (Wildman–Crippen LogP) is 6.20. The smallest absolute Gasteiger partial charge is 0.176 e. The number of pyridine rings is 1. The van der Waals surface area contributed by atoms with E-state index in [1.54, 1.807) is 23.6 Å².